The first kappa shape index (κ1) is 27.8. The third kappa shape index (κ3) is 19.9. The fourth-order valence-electron chi connectivity index (χ4n) is 3.31. The van der Waals surface area contributed by atoms with E-state index in [1.807, 2.05) is 0 Å². The van der Waals surface area contributed by atoms with Crippen molar-refractivity contribution in [2.75, 3.05) is 5.75 Å². The average Bonchev–Trinajstić information content (AvgIpc) is 2.63. The second kappa shape index (κ2) is 17.7. The van der Waals surface area contributed by atoms with Gasteiger partial charge in [0.05, 0.1) is 0 Å². The van der Waals surface area contributed by atoms with Crippen LogP contribution in [0, 0.1) is 0 Å². The summed E-state index contributed by atoms with van der Waals surface area (Å²) in [5, 5.41) is 11.0. The molecule has 0 rings (SSSR count). The Morgan fingerprint density at radius 3 is 1.48 bits per heavy atom. The van der Waals surface area contributed by atoms with Gasteiger partial charge in [-0.3, -0.25) is 9.35 Å². The molecule has 1 unspecified atom stereocenters. The van der Waals surface area contributed by atoms with Crippen LogP contribution in [0.2, 0.25) is 0 Å². The van der Waals surface area contributed by atoms with Crippen molar-refractivity contribution in [2.24, 2.45) is 0 Å². The summed E-state index contributed by atoms with van der Waals surface area (Å²) in [6, 6.07) is -1.62. The molecular weight excluding hydrogens is 394 g/mol. The predicted octanol–water partition coefficient (Wildman–Crippen LogP) is 4.71. The van der Waals surface area contributed by atoms with Gasteiger partial charge in [0, 0.05) is 6.42 Å². The standard InChI is InChI=1S/C21H41NO6S/c1-2-3-4-5-6-7-8-9-10-11-12-13-14-15-16-17-20(23)22-19(21(24)25)18-29(26,27)28/h19H,2-18H2,1H3,(H,22,23)(H,24,25)(H,26,27,28). The molecule has 0 radical (unpaired) electrons. The van der Waals surface area contributed by atoms with Crippen molar-refractivity contribution in [1.29, 1.82) is 0 Å². The van der Waals surface area contributed by atoms with Crippen LogP contribution < -0.4 is 5.32 Å². The highest BCUT2D eigenvalue weighted by Crippen LogP contribution is 2.13. The molecule has 0 fully saturated rings. The summed E-state index contributed by atoms with van der Waals surface area (Å²) in [6.45, 7) is 2.24. The number of amides is 1. The van der Waals surface area contributed by atoms with Gasteiger partial charge in [-0.05, 0) is 6.42 Å². The van der Waals surface area contributed by atoms with Gasteiger partial charge in [0.15, 0.2) is 0 Å². The Hall–Kier alpha value is -1.15. The van der Waals surface area contributed by atoms with Crippen LogP contribution in [0.3, 0.4) is 0 Å². The summed E-state index contributed by atoms with van der Waals surface area (Å²) in [6.07, 6.45) is 18.4. The minimum absolute atomic E-state index is 0.160. The lowest BCUT2D eigenvalue weighted by Crippen LogP contribution is -2.45. The highest BCUT2D eigenvalue weighted by atomic mass is 32.2. The number of carboxylic acids is 1. The summed E-state index contributed by atoms with van der Waals surface area (Å²) in [5.41, 5.74) is 0. The molecule has 0 aromatic heterocycles. The van der Waals surface area contributed by atoms with E-state index in [9.17, 15) is 18.0 Å². The summed E-state index contributed by atoms with van der Waals surface area (Å²) in [5.74, 6) is -3.00. The molecule has 172 valence electrons. The zero-order chi connectivity index (χ0) is 22.0. The lowest BCUT2D eigenvalue weighted by atomic mass is 10.0. The molecule has 0 bridgehead atoms. The van der Waals surface area contributed by atoms with Crippen LogP contribution in [0.25, 0.3) is 0 Å². The van der Waals surface area contributed by atoms with Crippen LogP contribution in [0.5, 0.6) is 0 Å². The van der Waals surface area contributed by atoms with Gasteiger partial charge in [0.25, 0.3) is 10.1 Å². The summed E-state index contributed by atoms with van der Waals surface area (Å²) >= 11 is 0. The SMILES string of the molecule is CCCCCCCCCCCCCCCCCC(=O)NC(CS(=O)(=O)O)C(=O)O. The summed E-state index contributed by atoms with van der Waals surface area (Å²) in [4.78, 5) is 22.7. The van der Waals surface area contributed by atoms with E-state index in [-0.39, 0.29) is 6.42 Å². The van der Waals surface area contributed by atoms with Crippen LogP contribution in [0.1, 0.15) is 110 Å². The van der Waals surface area contributed by atoms with E-state index in [1.165, 1.54) is 70.6 Å². The van der Waals surface area contributed by atoms with E-state index in [0.717, 1.165) is 19.3 Å². The first-order valence-electron chi connectivity index (χ1n) is 11.2. The number of rotatable bonds is 20. The van der Waals surface area contributed by atoms with Crippen molar-refractivity contribution in [2.45, 2.75) is 116 Å². The molecule has 0 aromatic carbocycles. The molecule has 0 aromatic rings. The van der Waals surface area contributed by atoms with Gasteiger partial charge >= 0.3 is 5.97 Å². The number of aliphatic carboxylic acids is 1. The molecule has 1 atom stereocenters. The molecule has 0 aliphatic rings. The zero-order valence-electron chi connectivity index (χ0n) is 18.0. The van der Waals surface area contributed by atoms with Gasteiger partial charge in [0.1, 0.15) is 11.8 Å². The molecule has 29 heavy (non-hydrogen) atoms. The summed E-state index contributed by atoms with van der Waals surface area (Å²) < 4.78 is 30.3. The van der Waals surface area contributed by atoms with Gasteiger partial charge in [-0.15, -0.1) is 0 Å². The average molecular weight is 436 g/mol. The van der Waals surface area contributed by atoms with Crippen LogP contribution in [-0.4, -0.2) is 41.7 Å². The quantitative estimate of drug-likeness (QED) is 0.188. The number of nitrogens with one attached hydrogen (secondary N) is 1. The van der Waals surface area contributed by atoms with Crippen molar-refractivity contribution in [3.63, 3.8) is 0 Å². The lowest BCUT2D eigenvalue weighted by molar-refractivity contribution is -0.141. The Morgan fingerprint density at radius 2 is 1.14 bits per heavy atom. The zero-order valence-corrected chi connectivity index (χ0v) is 18.9. The molecule has 8 heteroatoms. The number of unbranched alkanes of at least 4 members (excludes halogenated alkanes) is 14. The fourth-order valence-corrected chi connectivity index (χ4v) is 3.96. The van der Waals surface area contributed by atoms with E-state index in [4.69, 9.17) is 9.66 Å². The van der Waals surface area contributed by atoms with Gasteiger partial charge < -0.3 is 10.4 Å². The predicted molar refractivity (Wildman–Crippen MR) is 116 cm³/mol. The van der Waals surface area contributed by atoms with E-state index in [0.29, 0.717) is 6.42 Å². The Balaban J connectivity index is 3.51. The van der Waals surface area contributed by atoms with E-state index in [2.05, 4.69) is 12.2 Å². The maximum Gasteiger partial charge on any atom is 0.327 e. The fraction of sp³-hybridized carbons (Fsp3) is 0.905. The van der Waals surface area contributed by atoms with Crippen molar-refractivity contribution in [1.82, 2.24) is 5.32 Å². The second-order valence-electron chi connectivity index (χ2n) is 7.91. The normalized spacial score (nSPS) is 12.6. The first-order chi connectivity index (χ1) is 13.8. The molecular formula is C21H41NO6S. The summed E-state index contributed by atoms with van der Waals surface area (Å²) in [7, 11) is -4.46. The minimum atomic E-state index is -4.46. The van der Waals surface area contributed by atoms with E-state index >= 15 is 0 Å². The highest BCUT2D eigenvalue weighted by molar-refractivity contribution is 7.85. The molecule has 0 spiro atoms. The monoisotopic (exact) mass is 435 g/mol. The lowest BCUT2D eigenvalue weighted by Gasteiger charge is -2.12. The van der Waals surface area contributed by atoms with Gasteiger partial charge in [-0.25, -0.2) is 4.79 Å². The molecule has 1 amide bonds. The minimum Gasteiger partial charge on any atom is -0.480 e. The van der Waals surface area contributed by atoms with Crippen molar-refractivity contribution >= 4 is 22.0 Å². The van der Waals surface area contributed by atoms with E-state index in [1.54, 1.807) is 0 Å². The van der Waals surface area contributed by atoms with Gasteiger partial charge in [0.2, 0.25) is 5.91 Å². The Kier molecular flexibility index (Phi) is 17.0. The second-order valence-corrected chi connectivity index (χ2v) is 9.40. The molecule has 0 aliphatic heterocycles. The van der Waals surface area contributed by atoms with Gasteiger partial charge in [-0.2, -0.15) is 8.42 Å². The largest absolute Gasteiger partial charge is 0.480 e. The van der Waals surface area contributed by atoms with Crippen molar-refractivity contribution in [3.05, 3.63) is 0 Å². The third-order valence-electron chi connectivity index (χ3n) is 5.02. The van der Waals surface area contributed by atoms with Crippen molar-refractivity contribution < 1.29 is 27.7 Å². The van der Waals surface area contributed by atoms with Crippen LogP contribution >= 0.6 is 0 Å². The Morgan fingerprint density at radius 1 is 0.759 bits per heavy atom. The van der Waals surface area contributed by atoms with Crippen molar-refractivity contribution in [3.8, 4) is 0 Å². The molecule has 0 heterocycles. The van der Waals surface area contributed by atoms with Gasteiger partial charge in [-0.1, -0.05) is 96.8 Å². The Bertz CT molecular complexity index is 535. The number of carbonyl (C=O) groups is 2. The van der Waals surface area contributed by atoms with Crippen LogP contribution in [-0.2, 0) is 19.7 Å². The maximum atomic E-state index is 11.7. The first-order valence-corrected chi connectivity index (χ1v) is 12.8. The number of hydrogen-bond donors (Lipinski definition) is 3. The number of hydrogen-bond acceptors (Lipinski definition) is 4. The smallest absolute Gasteiger partial charge is 0.327 e. The molecule has 0 saturated carbocycles. The number of carboxylic acid groups (broad SMARTS) is 1. The molecule has 0 aliphatic carbocycles. The molecule has 0 saturated heterocycles. The number of carbonyl (C=O) groups excluding carboxylic acids is 1. The highest BCUT2D eigenvalue weighted by Gasteiger charge is 2.25. The molecule has 3 N–H and O–H groups in total. The maximum absolute atomic E-state index is 11.7. The van der Waals surface area contributed by atoms with Crippen LogP contribution in [0.15, 0.2) is 0 Å². The van der Waals surface area contributed by atoms with Crippen LogP contribution in [0.4, 0.5) is 0 Å². The Labute approximate surface area is 176 Å². The topological polar surface area (TPSA) is 121 Å². The van der Waals surface area contributed by atoms with E-state index < -0.39 is 33.8 Å². The third-order valence-corrected chi connectivity index (χ3v) is 5.77. The molecule has 7 nitrogen and oxygen atoms in total.